The van der Waals surface area contributed by atoms with E-state index in [-0.39, 0.29) is 23.0 Å². The first kappa shape index (κ1) is 19.5. The average molecular weight is 389 g/mol. The largest absolute Gasteiger partial charge is 0.373 e. The van der Waals surface area contributed by atoms with E-state index >= 15 is 0 Å². The molecule has 8 heteroatoms. The van der Waals surface area contributed by atoms with Gasteiger partial charge in [0.2, 0.25) is 10.0 Å². The molecular formula is C19H23N3O4S. The van der Waals surface area contributed by atoms with Gasteiger partial charge in [0.1, 0.15) is 5.82 Å². The van der Waals surface area contributed by atoms with Crippen LogP contribution in [0.5, 0.6) is 0 Å². The number of pyridine rings is 1. The highest BCUT2D eigenvalue weighted by molar-refractivity contribution is 7.89. The number of sulfonamides is 1. The number of rotatable bonds is 4. The number of morpholine rings is 1. The SMILES string of the molecule is Cc1cccnc1NC(=O)c1ccc(S(=O)(=O)N2C[C@@H](C)O[C@H](C)C2)cc1. The van der Waals surface area contributed by atoms with E-state index in [1.807, 2.05) is 26.8 Å². The summed E-state index contributed by atoms with van der Waals surface area (Å²) in [5, 5.41) is 2.73. The van der Waals surface area contributed by atoms with Crippen LogP contribution < -0.4 is 5.32 Å². The zero-order valence-corrected chi connectivity index (χ0v) is 16.4. The molecule has 2 heterocycles. The fourth-order valence-electron chi connectivity index (χ4n) is 3.05. The highest BCUT2D eigenvalue weighted by Gasteiger charge is 2.32. The lowest BCUT2D eigenvalue weighted by atomic mass is 10.2. The van der Waals surface area contributed by atoms with Gasteiger partial charge in [-0.05, 0) is 56.7 Å². The third-order valence-corrected chi connectivity index (χ3v) is 6.23. The van der Waals surface area contributed by atoms with E-state index < -0.39 is 10.0 Å². The second kappa shape index (κ2) is 7.75. The first-order valence-electron chi connectivity index (χ1n) is 8.76. The molecule has 3 rings (SSSR count). The Kier molecular flexibility index (Phi) is 5.59. The highest BCUT2D eigenvalue weighted by Crippen LogP contribution is 2.22. The molecule has 144 valence electrons. The fourth-order valence-corrected chi connectivity index (χ4v) is 4.64. The molecule has 1 aliphatic heterocycles. The number of ether oxygens (including phenoxy) is 1. The van der Waals surface area contributed by atoms with E-state index in [9.17, 15) is 13.2 Å². The first-order valence-corrected chi connectivity index (χ1v) is 10.2. The zero-order valence-electron chi connectivity index (χ0n) is 15.5. The molecule has 1 fully saturated rings. The zero-order chi connectivity index (χ0) is 19.6. The lowest BCUT2D eigenvalue weighted by molar-refractivity contribution is -0.0440. The molecule has 27 heavy (non-hydrogen) atoms. The maximum absolute atomic E-state index is 12.9. The van der Waals surface area contributed by atoms with Gasteiger partial charge in [0.25, 0.3) is 5.91 Å². The molecule has 1 aromatic carbocycles. The summed E-state index contributed by atoms with van der Waals surface area (Å²) in [7, 11) is -3.63. The average Bonchev–Trinajstić information content (AvgIpc) is 2.63. The van der Waals surface area contributed by atoms with Gasteiger partial charge in [-0.25, -0.2) is 13.4 Å². The van der Waals surface area contributed by atoms with Crippen molar-refractivity contribution in [3.8, 4) is 0 Å². The number of carbonyl (C=O) groups is 1. The maximum Gasteiger partial charge on any atom is 0.256 e. The number of amides is 1. The number of aryl methyl sites for hydroxylation is 1. The summed E-state index contributed by atoms with van der Waals surface area (Å²) in [6.07, 6.45) is 1.29. The Balaban J connectivity index is 1.76. The Morgan fingerprint density at radius 1 is 1.15 bits per heavy atom. The van der Waals surface area contributed by atoms with Gasteiger partial charge in [0.15, 0.2) is 0 Å². The number of hydrogen-bond donors (Lipinski definition) is 1. The number of hydrogen-bond acceptors (Lipinski definition) is 5. The van der Waals surface area contributed by atoms with E-state index in [4.69, 9.17) is 4.74 Å². The monoisotopic (exact) mass is 389 g/mol. The van der Waals surface area contributed by atoms with Crippen molar-refractivity contribution in [1.82, 2.24) is 9.29 Å². The first-order chi connectivity index (χ1) is 12.8. The van der Waals surface area contributed by atoms with Crippen molar-refractivity contribution in [2.45, 2.75) is 37.9 Å². The second-order valence-corrected chi connectivity index (χ2v) is 8.66. The van der Waals surface area contributed by atoms with Crippen molar-refractivity contribution in [3.05, 3.63) is 53.7 Å². The minimum atomic E-state index is -3.63. The van der Waals surface area contributed by atoms with Crippen molar-refractivity contribution >= 4 is 21.7 Å². The fraction of sp³-hybridized carbons (Fsp3) is 0.368. The Morgan fingerprint density at radius 3 is 2.37 bits per heavy atom. The minimum absolute atomic E-state index is 0.157. The molecular weight excluding hydrogens is 366 g/mol. The summed E-state index contributed by atoms with van der Waals surface area (Å²) in [5.74, 6) is 0.143. The molecule has 2 aromatic rings. The van der Waals surface area contributed by atoms with Crippen LogP contribution in [-0.4, -0.2) is 48.9 Å². The summed E-state index contributed by atoms with van der Waals surface area (Å²) in [4.78, 5) is 16.7. The Bertz CT molecular complexity index is 918. The second-order valence-electron chi connectivity index (χ2n) is 6.73. The van der Waals surface area contributed by atoms with Gasteiger partial charge in [-0.3, -0.25) is 4.79 Å². The van der Waals surface area contributed by atoms with Crippen LogP contribution in [0.4, 0.5) is 5.82 Å². The number of benzene rings is 1. The van der Waals surface area contributed by atoms with Crippen LogP contribution in [0.2, 0.25) is 0 Å². The van der Waals surface area contributed by atoms with Gasteiger partial charge in [0, 0.05) is 24.8 Å². The van der Waals surface area contributed by atoms with Crippen molar-refractivity contribution in [2.75, 3.05) is 18.4 Å². The van der Waals surface area contributed by atoms with Crippen LogP contribution in [0.15, 0.2) is 47.5 Å². The van der Waals surface area contributed by atoms with Crippen LogP contribution in [-0.2, 0) is 14.8 Å². The van der Waals surface area contributed by atoms with Gasteiger partial charge in [0.05, 0.1) is 17.1 Å². The number of nitrogens with zero attached hydrogens (tertiary/aromatic N) is 2. The van der Waals surface area contributed by atoms with E-state index in [0.717, 1.165) is 5.56 Å². The van der Waals surface area contributed by atoms with Crippen LogP contribution in [0.1, 0.15) is 29.8 Å². The molecule has 0 aliphatic carbocycles. The number of nitrogens with one attached hydrogen (secondary N) is 1. The Labute approximate surface area is 159 Å². The molecule has 1 aliphatic rings. The summed E-state index contributed by atoms with van der Waals surface area (Å²) >= 11 is 0. The third kappa shape index (κ3) is 4.35. The quantitative estimate of drug-likeness (QED) is 0.868. The third-order valence-electron chi connectivity index (χ3n) is 4.38. The van der Waals surface area contributed by atoms with Crippen LogP contribution >= 0.6 is 0 Å². The Hall–Kier alpha value is -2.29. The molecule has 0 unspecified atom stereocenters. The molecule has 7 nitrogen and oxygen atoms in total. The topological polar surface area (TPSA) is 88.6 Å². The number of anilines is 1. The van der Waals surface area contributed by atoms with E-state index in [1.54, 1.807) is 12.3 Å². The van der Waals surface area contributed by atoms with Gasteiger partial charge in [-0.1, -0.05) is 6.07 Å². The summed E-state index contributed by atoms with van der Waals surface area (Å²) < 4.78 is 32.7. The minimum Gasteiger partial charge on any atom is -0.373 e. The van der Waals surface area contributed by atoms with Gasteiger partial charge in [-0.15, -0.1) is 0 Å². The molecule has 2 atom stereocenters. The molecule has 1 N–H and O–H groups in total. The van der Waals surface area contributed by atoms with E-state index in [0.29, 0.717) is 24.5 Å². The molecule has 0 spiro atoms. The van der Waals surface area contributed by atoms with Crippen LogP contribution in [0, 0.1) is 6.92 Å². The van der Waals surface area contributed by atoms with Crippen molar-refractivity contribution < 1.29 is 17.9 Å². The lowest BCUT2D eigenvalue weighted by Crippen LogP contribution is -2.48. The molecule has 1 saturated heterocycles. The molecule has 1 amide bonds. The predicted octanol–water partition coefficient (Wildman–Crippen LogP) is 2.44. The van der Waals surface area contributed by atoms with Crippen LogP contribution in [0.25, 0.3) is 0 Å². The summed E-state index contributed by atoms with van der Waals surface area (Å²) in [5.41, 5.74) is 1.21. The number of aromatic nitrogens is 1. The van der Waals surface area contributed by atoms with Gasteiger partial charge < -0.3 is 10.1 Å². The highest BCUT2D eigenvalue weighted by atomic mass is 32.2. The summed E-state index contributed by atoms with van der Waals surface area (Å²) in [6.45, 7) is 6.18. The van der Waals surface area contributed by atoms with Crippen LogP contribution in [0.3, 0.4) is 0 Å². The molecule has 1 aromatic heterocycles. The van der Waals surface area contributed by atoms with E-state index in [2.05, 4.69) is 10.3 Å². The predicted molar refractivity (Wildman–Crippen MR) is 102 cm³/mol. The van der Waals surface area contributed by atoms with Gasteiger partial charge >= 0.3 is 0 Å². The lowest BCUT2D eigenvalue weighted by Gasteiger charge is -2.34. The summed E-state index contributed by atoms with van der Waals surface area (Å²) in [6, 6.07) is 9.57. The molecule has 0 saturated carbocycles. The van der Waals surface area contributed by atoms with Crippen molar-refractivity contribution in [3.63, 3.8) is 0 Å². The number of carbonyl (C=O) groups excluding carboxylic acids is 1. The Morgan fingerprint density at radius 2 is 1.78 bits per heavy atom. The van der Waals surface area contributed by atoms with E-state index in [1.165, 1.54) is 28.6 Å². The van der Waals surface area contributed by atoms with Gasteiger partial charge in [-0.2, -0.15) is 4.31 Å². The normalized spacial score (nSPS) is 21.0. The maximum atomic E-state index is 12.9. The molecule has 0 radical (unpaired) electrons. The van der Waals surface area contributed by atoms with Crippen molar-refractivity contribution in [1.29, 1.82) is 0 Å². The molecule has 0 bridgehead atoms. The smallest absolute Gasteiger partial charge is 0.256 e. The van der Waals surface area contributed by atoms with Crippen molar-refractivity contribution in [2.24, 2.45) is 0 Å². The standard InChI is InChI=1S/C19H23N3O4S/c1-13-5-4-10-20-18(13)21-19(23)16-6-8-17(9-7-16)27(24,25)22-11-14(2)26-15(3)12-22/h4-10,14-15H,11-12H2,1-3H3,(H,20,21,23)/t14-,15-/m1/s1.